The molecule has 1 aliphatic heterocycles. The summed E-state index contributed by atoms with van der Waals surface area (Å²) in [7, 11) is 1.77. The number of pyridine rings is 3. The van der Waals surface area contributed by atoms with Gasteiger partial charge in [0.2, 0.25) is 5.43 Å². The molecule has 0 spiro atoms. The molecule has 0 saturated carbocycles. The van der Waals surface area contributed by atoms with Gasteiger partial charge in [0.15, 0.2) is 0 Å². The van der Waals surface area contributed by atoms with Crippen molar-refractivity contribution in [3.05, 3.63) is 93.9 Å². The fourth-order valence-corrected chi connectivity index (χ4v) is 6.00. The summed E-state index contributed by atoms with van der Waals surface area (Å²) in [5.74, 6) is -1.69. The van der Waals surface area contributed by atoms with Crippen molar-refractivity contribution >= 4 is 28.4 Å². The van der Waals surface area contributed by atoms with E-state index in [0.29, 0.717) is 60.9 Å². The van der Waals surface area contributed by atoms with Gasteiger partial charge in [0.25, 0.3) is 0 Å². The Morgan fingerprint density at radius 2 is 1.91 bits per heavy atom. The number of rotatable bonds is 6. The Bertz CT molecular complexity index is 1970. The first-order chi connectivity index (χ1) is 20.9. The number of anilines is 2. The van der Waals surface area contributed by atoms with E-state index in [1.165, 1.54) is 12.3 Å². The van der Waals surface area contributed by atoms with Crippen LogP contribution in [0.2, 0.25) is 0 Å². The van der Waals surface area contributed by atoms with Crippen molar-refractivity contribution in [2.45, 2.75) is 13.0 Å². The molecule has 1 aliphatic carbocycles. The quantitative estimate of drug-likeness (QED) is 0.301. The van der Waals surface area contributed by atoms with Gasteiger partial charge in [0.1, 0.15) is 17.0 Å². The third-order valence-electron chi connectivity index (χ3n) is 7.96. The zero-order valence-electron chi connectivity index (χ0n) is 23.2. The van der Waals surface area contributed by atoms with Crippen molar-refractivity contribution in [2.24, 2.45) is 0 Å². The SMILES string of the molecule is CNc1cc(F)cc2c1Cc1ncc(-c3cnc4c(c3)c(=O)c(C(=O)O)cn4Cc3cnccn3)c(N3CCOCC3)c1-2. The van der Waals surface area contributed by atoms with Crippen molar-refractivity contribution in [1.82, 2.24) is 24.5 Å². The molecule has 0 bridgehead atoms. The van der Waals surface area contributed by atoms with Gasteiger partial charge in [0.05, 0.1) is 48.4 Å². The van der Waals surface area contributed by atoms with E-state index in [1.807, 2.05) is 0 Å². The smallest absolute Gasteiger partial charge is 0.341 e. The van der Waals surface area contributed by atoms with Crippen LogP contribution >= 0.6 is 0 Å². The van der Waals surface area contributed by atoms with E-state index in [-0.39, 0.29) is 23.3 Å². The van der Waals surface area contributed by atoms with E-state index >= 15 is 0 Å². The van der Waals surface area contributed by atoms with Crippen molar-refractivity contribution in [1.29, 1.82) is 0 Å². The van der Waals surface area contributed by atoms with Gasteiger partial charge in [-0.25, -0.2) is 14.2 Å². The van der Waals surface area contributed by atoms with Crippen LogP contribution in [0.25, 0.3) is 33.3 Å². The normalized spacial score (nSPS) is 14.0. The van der Waals surface area contributed by atoms with Crippen LogP contribution in [0.1, 0.15) is 27.3 Å². The summed E-state index contributed by atoms with van der Waals surface area (Å²) in [5, 5.41) is 13.1. The molecule has 4 aromatic heterocycles. The number of ether oxygens (including phenoxy) is 1. The number of carboxylic acids is 1. The summed E-state index contributed by atoms with van der Waals surface area (Å²) >= 11 is 0. The molecule has 2 aliphatic rings. The molecule has 5 heterocycles. The number of aromatic carboxylic acids is 1. The van der Waals surface area contributed by atoms with E-state index in [1.54, 1.807) is 54.7 Å². The molecule has 12 heteroatoms. The Hall–Kier alpha value is -5.23. The van der Waals surface area contributed by atoms with Gasteiger partial charge in [-0.3, -0.25) is 19.7 Å². The second kappa shape index (κ2) is 10.6. The second-order valence-electron chi connectivity index (χ2n) is 10.4. The molecule has 5 aromatic rings. The number of hydrogen-bond acceptors (Lipinski definition) is 9. The number of carbonyl (C=O) groups is 1. The molecular formula is C31H26FN7O4. The van der Waals surface area contributed by atoms with E-state index in [0.717, 1.165) is 28.1 Å². The Morgan fingerprint density at radius 1 is 1.07 bits per heavy atom. The Labute approximate surface area is 244 Å². The molecule has 7 rings (SSSR count). The number of benzene rings is 1. The first-order valence-corrected chi connectivity index (χ1v) is 13.8. The summed E-state index contributed by atoms with van der Waals surface area (Å²) in [6.45, 7) is 2.45. The van der Waals surface area contributed by atoms with Gasteiger partial charge < -0.3 is 24.6 Å². The lowest BCUT2D eigenvalue weighted by Crippen LogP contribution is -2.37. The highest BCUT2D eigenvalue weighted by Gasteiger charge is 2.31. The zero-order valence-corrected chi connectivity index (χ0v) is 23.2. The second-order valence-corrected chi connectivity index (χ2v) is 10.4. The van der Waals surface area contributed by atoms with Crippen LogP contribution in [0.5, 0.6) is 0 Å². The summed E-state index contributed by atoms with van der Waals surface area (Å²) in [4.78, 5) is 45.6. The average Bonchev–Trinajstić information content (AvgIpc) is 3.40. The van der Waals surface area contributed by atoms with Gasteiger partial charge in [-0.1, -0.05) is 0 Å². The van der Waals surface area contributed by atoms with Gasteiger partial charge in [-0.05, 0) is 29.3 Å². The van der Waals surface area contributed by atoms with Crippen molar-refractivity contribution in [3.63, 3.8) is 0 Å². The van der Waals surface area contributed by atoms with Crippen LogP contribution in [0, 0.1) is 5.82 Å². The van der Waals surface area contributed by atoms with Crippen molar-refractivity contribution in [2.75, 3.05) is 43.6 Å². The molecule has 2 N–H and O–H groups in total. The number of aromatic nitrogens is 5. The molecule has 216 valence electrons. The third-order valence-corrected chi connectivity index (χ3v) is 7.96. The molecule has 1 saturated heterocycles. The highest BCUT2D eigenvalue weighted by molar-refractivity contribution is 5.98. The number of fused-ring (bicyclic) bond motifs is 4. The monoisotopic (exact) mass is 579 g/mol. The topological polar surface area (TPSA) is 135 Å². The number of nitrogens with zero attached hydrogens (tertiary/aromatic N) is 6. The van der Waals surface area contributed by atoms with Crippen LogP contribution in [-0.4, -0.2) is 68.9 Å². The van der Waals surface area contributed by atoms with Crippen LogP contribution in [-0.2, 0) is 17.7 Å². The van der Waals surface area contributed by atoms with Crippen LogP contribution in [0.4, 0.5) is 15.8 Å². The van der Waals surface area contributed by atoms with E-state index in [9.17, 15) is 19.1 Å². The van der Waals surface area contributed by atoms with Gasteiger partial charge in [0, 0.05) is 79.9 Å². The molecule has 0 amide bonds. The average molecular weight is 580 g/mol. The largest absolute Gasteiger partial charge is 0.477 e. The maximum Gasteiger partial charge on any atom is 0.341 e. The molecule has 0 atom stereocenters. The predicted molar refractivity (Wildman–Crippen MR) is 158 cm³/mol. The predicted octanol–water partition coefficient (Wildman–Crippen LogP) is 3.58. The lowest BCUT2D eigenvalue weighted by molar-refractivity contribution is 0.0694. The maximum absolute atomic E-state index is 14.8. The van der Waals surface area contributed by atoms with E-state index < -0.39 is 11.4 Å². The molecule has 0 radical (unpaired) electrons. The summed E-state index contributed by atoms with van der Waals surface area (Å²) < 4.78 is 22.0. The van der Waals surface area contributed by atoms with Crippen LogP contribution < -0.4 is 15.6 Å². The van der Waals surface area contributed by atoms with Crippen LogP contribution in [0.3, 0.4) is 0 Å². The highest BCUT2D eigenvalue weighted by atomic mass is 19.1. The van der Waals surface area contributed by atoms with E-state index in [2.05, 4.69) is 25.2 Å². The third kappa shape index (κ3) is 4.56. The Kier molecular flexibility index (Phi) is 6.54. The molecule has 1 fully saturated rings. The van der Waals surface area contributed by atoms with Gasteiger partial charge in [-0.15, -0.1) is 0 Å². The van der Waals surface area contributed by atoms with E-state index in [4.69, 9.17) is 9.72 Å². The number of morpholine rings is 1. The summed E-state index contributed by atoms with van der Waals surface area (Å²) in [6, 6.07) is 4.69. The minimum Gasteiger partial charge on any atom is -0.477 e. The Balaban J connectivity index is 1.46. The van der Waals surface area contributed by atoms with Gasteiger partial charge >= 0.3 is 5.97 Å². The lowest BCUT2D eigenvalue weighted by atomic mass is 9.97. The Morgan fingerprint density at radius 3 is 2.65 bits per heavy atom. The first kappa shape index (κ1) is 26.7. The molecule has 1 aromatic carbocycles. The zero-order chi connectivity index (χ0) is 29.7. The van der Waals surface area contributed by atoms with Gasteiger partial charge in [-0.2, -0.15) is 0 Å². The molecule has 0 unspecified atom stereocenters. The number of halogens is 1. The minimum atomic E-state index is -1.34. The summed E-state index contributed by atoms with van der Waals surface area (Å²) in [5.41, 5.74) is 6.15. The number of nitrogens with one attached hydrogen (secondary N) is 1. The van der Waals surface area contributed by atoms with Crippen molar-refractivity contribution in [3.8, 4) is 22.3 Å². The molecule has 43 heavy (non-hydrogen) atoms. The fourth-order valence-electron chi connectivity index (χ4n) is 6.00. The van der Waals surface area contributed by atoms with Crippen molar-refractivity contribution < 1.29 is 19.0 Å². The standard InChI is InChI=1S/C31H26FN7O4/c1-33-25-10-18(32)9-21-20(25)11-26-27(21)28(38-4-6-43-7-5-38)23(14-36-26)17-8-22-29(40)24(31(41)42)16-39(30(22)37-12-17)15-19-13-34-2-3-35-19/h2-3,8-10,12-14,16,33H,4-7,11,15H2,1H3,(H,41,42). The number of carboxylic acid groups (broad SMARTS) is 1. The fraction of sp³-hybridized carbons (Fsp3) is 0.226. The number of hydrogen-bond donors (Lipinski definition) is 2. The van der Waals surface area contributed by atoms with Crippen LogP contribution in [0.15, 0.2) is 60.2 Å². The lowest BCUT2D eigenvalue weighted by Gasteiger charge is -2.32. The maximum atomic E-state index is 14.8. The molecule has 11 nitrogen and oxygen atoms in total. The summed E-state index contributed by atoms with van der Waals surface area (Å²) in [6.07, 6.45) is 9.91. The minimum absolute atomic E-state index is 0.152. The molecular weight excluding hydrogens is 553 g/mol. The first-order valence-electron chi connectivity index (χ1n) is 13.8. The highest BCUT2D eigenvalue weighted by Crippen LogP contribution is 2.48.